The van der Waals surface area contributed by atoms with E-state index in [2.05, 4.69) is 20.5 Å². The van der Waals surface area contributed by atoms with Crippen molar-refractivity contribution >= 4 is 23.2 Å². The summed E-state index contributed by atoms with van der Waals surface area (Å²) in [5.74, 6) is 0.296. The van der Waals surface area contributed by atoms with Gasteiger partial charge in [0, 0.05) is 17.1 Å². The van der Waals surface area contributed by atoms with Gasteiger partial charge in [0.15, 0.2) is 0 Å². The van der Waals surface area contributed by atoms with Crippen LogP contribution in [0.3, 0.4) is 0 Å². The van der Waals surface area contributed by atoms with Crippen LogP contribution < -0.4 is 10.9 Å². The second-order valence-corrected chi connectivity index (χ2v) is 5.68. The lowest BCUT2D eigenvalue weighted by molar-refractivity contribution is 0.874. The molecule has 0 aliphatic rings. The molecule has 1 heterocycles. The number of hydrogen-bond donors (Lipinski definition) is 2. The fraction of sp³-hybridized carbons (Fsp3) is 0.118. The second-order valence-electron chi connectivity index (χ2n) is 5.24. The highest BCUT2D eigenvalue weighted by Crippen LogP contribution is 2.15. The summed E-state index contributed by atoms with van der Waals surface area (Å²) in [6, 6.07) is 15.1. The van der Waals surface area contributed by atoms with Crippen molar-refractivity contribution in [1.82, 2.24) is 15.2 Å². The summed E-state index contributed by atoms with van der Waals surface area (Å²) in [5.41, 5.74) is 3.10. The number of nitrogens with one attached hydrogen (secondary N) is 2. The largest absolute Gasteiger partial charge is 0.324 e. The molecule has 0 aliphatic heterocycles. The number of aromatic nitrogens is 3. The van der Waals surface area contributed by atoms with Crippen LogP contribution in [-0.4, -0.2) is 15.2 Å². The first kappa shape index (κ1) is 15.2. The molecule has 0 saturated heterocycles. The summed E-state index contributed by atoms with van der Waals surface area (Å²) in [4.78, 5) is 14.8. The zero-order chi connectivity index (χ0) is 16.2. The number of H-pyrrole nitrogens is 1. The van der Waals surface area contributed by atoms with Gasteiger partial charge >= 0.3 is 0 Å². The quantitative estimate of drug-likeness (QED) is 0.770. The maximum absolute atomic E-state index is 12.1. The standard InChI is InChI=1S/C17H15ClN4O/c1-11-2-4-12(5-3-11)10-15-16(23)20-17(22-21-15)19-14-8-6-13(18)7-9-14/h2-9H,10H2,1H3,(H2,19,20,22,23). The van der Waals surface area contributed by atoms with E-state index in [0.29, 0.717) is 23.1 Å². The average molecular weight is 327 g/mol. The summed E-state index contributed by atoms with van der Waals surface area (Å²) in [7, 11) is 0. The normalized spacial score (nSPS) is 10.5. The average Bonchev–Trinajstić information content (AvgIpc) is 2.54. The van der Waals surface area contributed by atoms with Gasteiger partial charge in [0.05, 0.1) is 0 Å². The maximum atomic E-state index is 12.1. The zero-order valence-corrected chi connectivity index (χ0v) is 13.3. The molecule has 0 spiro atoms. The highest BCUT2D eigenvalue weighted by Gasteiger charge is 2.06. The van der Waals surface area contributed by atoms with E-state index in [9.17, 15) is 4.79 Å². The molecule has 1 aromatic heterocycles. The molecular formula is C17H15ClN4O. The number of rotatable bonds is 4. The SMILES string of the molecule is Cc1ccc(Cc2nnc(Nc3ccc(Cl)cc3)[nH]c2=O)cc1. The Kier molecular flexibility index (Phi) is 4.39. The highest BCUT2D eigenvalue weighted by atomic mass is 35.5. The van der Waals surface area contributed by atoms with Crippen LogP contribution in [0.4, 0.5) is 11.6 Å². The van der Waals surface area contributed by atoms with Crippen LogP contribution in [0.5, 0.6) is 0 Å². The molecule has 0 atom stereocenters. The smallest absolute Gasteiger partial charge is 0.274 e. The fourth-order valence-corrected chi connectivity index (χ4v) is 2.23. The number of aryl methyl sites for hydroxylation is 1. The topological polar surface area (TPSA) is 70.7 Å². The van der Waals surface area contributed by atoms with E-state index in [1.165, 1.54) is 5.56 Å². The molecule has 0 fully saturated rings. The summed E-state index contributed by atoms with van der Waals surface area (Å²) >= 11 is 5.83. The third-order valence-electron chi connectivity index (χ3n) is 3.36. The van der Waals surface area contributed by atoms with Crippen LogP contribution in [0.2, 0.25) is 5.02 Å². The van der Waals surface area contributed by atoms with Crippen molar-refractivity contribution in [3.63, 3.8) is 0 Å². The van der Waals surface area contributed by atoms with Crippen LogP contribution in [0.15, 0.2) is 53.3 Å². The molecule has 0 bridgehead atoms. The van der Waals surface area contributed by atoms with Crippen molar-refractivity contribution in [2.75, 3.05) is 5.32 Å². The lowest BCUT2D eigenvalue weighted by Crippen LogP contribution is -2.18. The van der Waals surface area contributed by atoms with E-state index in [-0.39, 0.29) is 5.56 Å². The molecule has 5 nitrogen and oxygen atoms in total. The van der Waals surface area contributed by atoms with Gasteiger partial charge in [0.25, 0.3) is 5.56 Å². The third-order valence-corrected chi connectivity index (χ3v) is 3.62. The fourth-order valence-electron chi connectivity index (χ4n) is 2.10. The van der Waals surface area contributed by atoms with Crippen molar-refractivity contribution in [2.45, 2.75) is 13.3 Å². The Morgan fingerprint density at radius 1 is 1.04 bits per heavy atom. The summed E-state index contributed by atoms with van der Waals surface area (Å²) in [5, 5.41) is 11.7. The molecule has 0 radical (unpaired) electrons. The van der Waals surface area contributed by atoms with Crippen LogP contribution in [-0.2, 0) is 6.42 Å². The Hall–Kier alpha value is -2.66. The van der Waals surface area contributed by atoms with Gasteiger partial charge < -0.3 is 5.32 Å². The molecular weight excluding hydrogens is 312 g/mol. The molecule has 0 amide bonds. The molecule has 0 unspecified atom stereocenters. The summed E-state index contributed by atoms with van der Waals surface area (Å²) in [6.45, 7) is 2.02. The van der Waals surface area contributed by atoms with Gasteiger partial charge in [-0.25, -0.2) is 0 Å². The van der Waals surface area contributed by atoms with E-state index >= 15 is 0 Å². The summed E-state index contributed by atoms with van der Waals surface area (Å²) in [6.07, 6.45) is 0.448. The predicted molar refractivity (Wildman–Crippen MR) is 91.4 cm³/mol. The number of aromatic amines is 1. The lowest BCUT2D eigenvalue weighted by Gasteiger charge is -2.05. The second kappa shape index (κ2) is 6.62. The number of hydrogen-bond acceptors (Lipinski definition) is 4. The van der Waals surface area contributed by atoms with Crippen molar-refractivity contribution in [3.05, 3.63) is 80.7 Å². The Labute approximate surface area is 138 Å². The monoisotopic (exact) mass is 326 g/mol. The van der Waals surface area contributed by atoms with E-state index < -0.39 is 0 Å². The molecule has 0 aliphatic carbocycles. The number of nitrogens with zero attached hydrogens (tertiary/aromatic N) is 2. The molecule has 2 aromatic carbocycles. The molecule has 0 saturated carbocycles. The van der Waals surface area contributed by atoms with Gasteiger partial charge in [-0.3, -0.25) is 9.78 Å². The van der Waals surface area contributed by atoms with E-state index in [1.807, 2.05) is 31.2 Å². The summed E-state index contributed by atoms with van der Waals surface area (Å²) < 4.78 is 0. The first-order chi connectivity index (χ1) is 11.1. The van der Waals surface area contributed by atoms with Gasteiger partial charge in [-0.2, -0.15) is 0 Å². The Morgan fingerprint density at radius 3 is 2.39 bits per heavy atom. The van der Waals surface area contributed by atoms with Crippen molar-refractivity contribution in [3.8, 4) is 0 Å². The first-order valence-electron chi connectivity index (χ1n) is 7.14. The minimum absolute atomic E-state index is 0.253. The molecule has 116 valence electrons. The van der Waals surface area contributed by atoms with Gasteiger partial charge in [-0.1, -0.05) is 41.4 Å². The van der Waals surface area contributed by atoms with E-state index in [0.717, 1.165) is 11.3 Å². The molecule has 6 heteroatoms. The molecule has 3 rings (SSSR count). The van der Waals surface area contributed by atoms with E-state index in [4.69, 9.17) is 11.6 Å². The van der Waals surface area contributed by atoms with Crippen LogP contribution >= 0.6 is 11.6 Å². The Bertz CT molecular complexity index is 857. The maximum Gasteiger partial charge on any atom is 0.274 e. The minimum atomic E-state index is -0.253. The lowest BCUT2D eigenvalue weighted by atomic mass is 10.1. The Morgan fingerprint density at radius 2 is 1.74 bits per heavy atom. The van der Waals surface area contributed by atoms with Crippen molar-refractivity contribution < 1.29 is 0 Å². The predicted octanol–water partition coefficient (Wildman–Crippen LogP) is 3.46. The third kappa shape index (κ3) is 3.96. The molecule has 2 N–H and O–H groups in total. The highest BCUT2D eigenvalue weighted by molar-refractivity contribution is 6.30. The van der Waals surface area contributed by atoms with Gasteiger partial charge in [-0.15, -0.1) is 10.2 Å². The van der Waals surface area contributed by atoms with Crippen LogP contribution in [0.25, 0.3) is 0 Å². The number of halogens is 1. The molecule has 3 aromatic rings. The van der Waals surface area contributed by atoms with Gasteiger partial charge in [0.2, 0.25) is 5.95 Å². The van der Waals surface area contributed by atoms with Gasteiger partial charge in [0.1, 0.15) is 5.69 Å². The van der Waals surface area contributed by atoms with Crippen LogP contribution in [0.1, 0.15) is 16.8 Å². The number of benzene rings is 2. The van der Waals surface area contributed by atoms with Crippen molar-refractivity contribution in [1.29, 1.82) is 0 Å². The number of anilines is 2. The van der Waals surface area contributed by atoms with Crippen molar-refractivity contribution in [2.24, 2.45) is 0 Å². The van der Waals surface area contributed by atoms with Crippen LogP contribution in [0, 0.1) is 6.92 Å². The first-order valence-corrected chi connectivity index (χ1v) is 7.52. The zero-order valence-electron chi connectivity index (χ0n) is 12.5. The Balaban J connectivity index is 1.76. The van der Waals surface area contributed by atoms with Gasteiger partial charge in [-0.05, 0) is 36.8 Å². The molecule has 23 heavy (non-hydrogen) atoms. The minimum Gasteiger partial charge on any atom is -0.324 e. The van der Waals surface area contributed by atoms with E-state index in [1.54, 1.807) is 24.3 Å².